The van der Waals surface area contributed by atoms with Gasteiger partial charge in [0.05, 0.1) is 17.6 Å². The maximum absolute atomic E-state index is 12.6. The van der Waals surface area contributed by atoms with Crippen molar-refractivity contribution >= 4 is 34.2 Å². The molecule has 4 aromatic rings. The summed E-state index contributed by atoms with van der Waals surface area (Å²) in [7, 11) is 0. The summed E-state index contributed by atoms with van der Waals surface area (Å²) in [4.78, 5) is 29.6. The van der Waals surface area contributed by atoms with Crippen LogP contribution < -0.4 is 5.56 Å². The van der Waals surface area contributed by atoms with Crippen molar-refractivity contribution < 1.29 is 4.79 Å². The van der Waals surface area contributed by atoms with Gasteiger partial charge in [0.2, 0.25) is 5.78 Å². The van der Waals surface area contributed by atoms with Gasteiger partial charge in [0.25, 0.3) is 5.56 Å². The van der Waals surface area contributed by atoms with Gasteiger partial charge in [-0.25, -0.2) is 9.38 Å². The number of aryl methyl sites for hydroxylation is 1. The summed E-state index contributed by atoms with van der Waals surface area (Å²) in [5, 5.41) is 0.581. The van der Waals surface area contributed by atoms with Crippen LogP contribution >= 0.6 is 11.6 Å². The summed E-state index contributed by atoms with van der Waals surface area (Å²) < 4.78 is 3.30. The van der Waals surface area contributed by atoms with Gasteiger partial charge in [-0.3, -0.25) is 9.59 Å². The van der Waals surface area contributed by atoms with Gasteiger partial charge in [-0.05, 0) is 43.3 Å². The molecule has 0 aliphatic heterocycles. The van der Waals surface area contributed by atoms with Crippen LogP contribution in [-0.4, -0.2) is 19.7 Å². The number of aromatic nitrogens is 3. The Labute approximate surface area is 148 Å². The monoisotopic (exact) mass is 351 g/mol. The van der Waals surface area contributed by atoms with Crippen LogP contribution in [0, 0.1) is 6.92 Å². The van der Waals surface area contributed by atoms with Gasteiger partial charge in [0.1, 0.15) is 0 Å². The molecule has 0 N–H and O–H groups in total. The third-order valence-corrected chi connectivity index (χ3v) is 4.48. The summed E-state index contributed by atoms with van der Waals surface area (Å²) in [5.74, 6) is 0.394. The molecule has 0 aliphatic carbocycles. The van der Waals surface area contributed by atoms with Gasteiger partial charge in [-0.2, -0.15) is 0 Å². The highest BCUT2D eigenvalue weighted by molar-refractivity contribution is 6.30. The van der Waals surface area contributed by atoms with Gasteiger partial charge in [-0.1, -0.05) is 23.7 Å². The molecule has 0 unspecified atom stereocenters. The van der Waals surface area contributed by atoms with E-state index >= 15 is 0 Å². The largest absolute Gasteiger partial charge is 0.308 e. The first kappa shape index (κ1) is 15.6. The van der Waals surface area contributed by atoms with E-state index in [0.29, 0.717) is 22.1 Å². The summed E-state index contributed by atoms with van der Waals surface area (Å²) in [6, 6.07) is 15.7. The van der Waals surface area contributed by atoms with Crippen LogP contribution in [0.1, 0.15) is 16.1 Å². The molecule has 4 rings (SSSR count). The van der Waals surface area contributed by atoms with Crippen LogP contribution in [0.15, 0.2) is 59.4 Å². The Morgan fingerprint density at radius 3 is 2.60 bits per heavy atom. The molecular formula is C19H14ClN3O2. The minimum atomic E-state index is -0.156. The highest BCUT2D eigenvalue weighted by Crippen LogP contribution is 2.17. The minimum Gasteiger partial charge on any atom is -0.308 e. The highest BCUT2D eigenvalue weighted by atomic mass is 35.5. The quantitative estimate of drug-likeness (QED) is 0.531. The number of hydrogen-bond acceptors (Lipinski definition) is 3. The third kappa shape index (κ3) is 2.62. The van der Waals surface area contributed by atoms with E-state index in [-0.39, 0.29) is 17.9 Å². The van der Waals surface area contributed by atoms with Crippen molar-refractivity contribution in [1.82, 2.24) is 14.0 Å². The second-order valence-electron chi connectivity index (χ2n) is 5.88. The molecule has 0 atom stereocenters. The van der Waals surface area contributed by atoms with E-state index in [0.717, 1.165) is 11.0 Å². The number of para-hydroxylation sites is 2. The number of carbonyl (C=O) groups excluding carboxylic acids is 1. The first-order valence-electron chi connectivity index (χ1n) is 7.81. The molecular weight excluding hydrogens is 338 g/mol. The number of benzene rings is 2. The molecule has 0 fully saturated rings. The molecule has 0 aliphatic rings. The fraction of sp³-hybridized carbons (Fsp3) is 0.105. The van der Waals surface area contributed by atoms with E-state index < -0.39 is 0 Å². The lowest BCUT2D eigenvalue weighted by molar-refractivity contribution is 0.0972. The molecule has 0 saturated carbocycles. The van der Waals surface area contributed by atoms with Crippen molar-refractivity contribution in [3.05, 3.63) is 81.2 Å². The first-order chi connectivity index (χ1) is 12.0. The third-order valence-electron chi connectivity index (χ3n) is 4.23. The molecule has 0 amide bonds. The lowest BCUT2D eigenvalue weighted by Crippen LogP contribution is -2.22. The smallest absolute Gasteiger partial charge is 0.259 e. The number of imidazole rings is 1. The van der Waals surface area contributed by atoms with Gasteiger partial charge >= 0.3 is 0 Å². The van der Waals surface area contributed by atoms with Crippen LogP contribution in [0.25, 0.3) is 16.8 Å². The summed E-state index contributed by atoms with van der Waals surface area (Å²) >= 11 is 5.88. The predicted molar refractivity (Wildman–Crippen MR) is 97.5 cm³/mol. The highest BCUT2D eigenvalue weighted by Gasteiger charge is 2.15. The number of ketones is 1. The molecule has 124 valence electrons. The maximum atomic E-state index is 12.6. The normalized spacial score (nSPS) is 11.3. The van der Waals surface area contributed by atoms with Crippen LogP contribution in [-0.2, 0) is 6.54 Å². The van der Waals surface area contributed by atoms with Crippen molar-refractivity contribution in [3.8, 4) is 0 Å². The van der Waals surface area contributed by atoms with E-state index in [1.54, 1.807) is 35.8 Å². The van der Waals surface area contributed by atoms with E-state index in [1.807, 2.05) is 24.3 Å². The Morgan fingerprint density at radius 2 is 1.84 bits per heavy atom. The zero-order chi connectivity index (χ0) is 17.6. The Kier molecular flexibility index (Phi) is 3.66. The van der Waals surface area contributed by atoms with Gasteiger partial charge in [0.15, 0.2) is 5.78 Å². The summed E-state index contributed by atoms with van der Waals surface area (Å²) in [5.41, 5.74) is 2.55. The van der Waals surface area contributed by atoms with Gasteiger partial charge in [0, 0.05) is 22.3 Å². The fourth-order valence-electron chi connectivity index (χ4n) is 2.96. The van der Waals surface area contributed by atoms with Crippen LogP contribution in [0.3, 0.4) is 0 Å². The van der Waals surface area contributed by atoms with E-state index in [2.05, 4.69) is 4.98 Å². The fourth-order valence-corrected chi connectivity index (χ4v) is 3.08. The average molecular weight is 352 g/mol. The van der Waals surface area contributed by atoms with Gasteiger partial charge in [-0.15, -0.1) is 0 Å². The van der Waals surface area contributed by atoms with E-state index in [1.165, 1.54) is 10.5 Å². The Bertz CT molecular complexity index is 1170. The topological polar surface area (TPSA) is 56.4 Å². The number of Topliss-reactive ketones (excluding diaryl/α,β-unsaturated/α-hetero) is 1. The number of hydrogen-bond donors (Lipinski definition) is 0. The molecule has 0 spiro atoms. The maximum Gasteiger partial charge on any atom is 0.259 e. The van der Waals surface area contributed by atoms with Gasteiger partial charge < -0.3 is 4.57 Å². The molecule has 0 saturated heterocycles. The SMILES string of the molecule is Cc1cc(=O)n2c3ccccc3nc2n1CC(=O)c1ccc(Cl)cc1. The van der Waals surface area contributed by atoms with Crippen molar-refractivity contribution in [3.63, 3.8) is 0 Å². The summed E-state index contributed by atoms with van der Waals surface area (Å²) in [6.07, 6.45) is 0. The standard InChI is InChI=1S/C19H14ClN3O2/c1-12-10-18(25)23-16-5-3-2-4-15(16)21-19(23)22(12)11-17(24)13-6-8-14(20)9-7-13/h2-10H,11H2,1H3. The predicted octanol–water partition coefficient (Wildman–Crippen LogP) is 3.49. The van der Waals surface area contributed by atoms with Crippen LogP contribution in [0.2, 0.25) is 5.02 Å². The van der Waals surface area contributed by atoms with Crippen molar-refractivity contribution in [2.45, 2.75) is 13.5 Å². The Balaban J connectivity index is 1.88. The molecule has 0 bridgehead atoms. The Hall–Kier alpha value is -2.92. The average Bonchev–Trinajstić information content (AvgIpc) is 2.99. The number of carbonyl (C=O) groups is 1. The van der Waals surface area contributed by atoms with Crippen LogP contribution in [0.5, 0.6) is 0 Å². The molecule has 2 aromatic carbocycles. The number of fused-ring (bicyclic) bond motifs is 3. The Morgan fingerprint density at radius 1 is 1.12 bits per heavy atom. The second kappa shape index (κ2) is 5.86. The lowest BCUT2D eigenvalue weighted by Gasteiger charge is -2.11. The second-order valence-corrected chi connectivity index (χ2v) is 6.31. The first-order valence-corrected chi connectivity index (χ1v) is 8.19. The zero-order valence-corrected chi connectivity index (χ0v) is 14.2. The zero-order valence-electron chi connectivity index (χ0n) is 13.4. The lowest BCUT2D eigenvalue weighted by atomic mass is 10.1. The van der Waals surface area contributed by atoms with Crippen LogP contribution in [0.4, 0.5) is 0 Å². The molecule has 2 heterocycles. The van der Waals surface area contributed by atoms with Crippen molar-refractivity contribution in [1.29, 1.82) is 0 Å². The molecule has 25 heavy (non-hydrogen) atoms. The van der Waals surface area contributed by atoms with E-state index in [9.17, 15) is 9.59 Å². The van der Waals surface area contributed by atoms with Crippen molar-refractivity contribution in [2.24, 2.45) is 0 Å². The molecule has 2 aromatic heterocycles. The van der Waals surface area contributed by atoms with E-state index in [4.69, 9.17) is 11.6 Å². The molecule has 0 radical (unpaired) electrons. The molecule has 6 heteroatoms. The number of nitrogens with zero attached hydrogens (tertiary/aromatic N) is 3. The van der Waals surface area contributed by atoms with Crippen molar-refractivity contribution in [2.75, 3.05) is 0 Å². The molecule has 5 nitrogen and oxygen atoms in total. The minimum absolute atomic E-state index is 0.0719. The summed E-state index contributed by atoms with van der Waals surface area (Å²) in [6.45, 7) is 1.90. The number of halogens is 1. The number of rotatable bonds is 3.